The van der Waals surface area contributed by atoms with Gasteiger partial charge in [0, 0.05) is 36.7 Å². The fourth-order valence-electron chi connectivity index (χ4n) is 1.68. The molecule has 0 saturated carbocycles. The molecule has 1 amide bonds. The van der Waals surface area contributed by atoms with E-state index in [0.29, 0.717) is 22.9 Å². The smallest absolute Gasteiger partial charge is 0.271 e. The first-order valence-electron chi connectivity index (χ1n) is 6.22. The van der Waals surface area contributed by atoms with E-state index in [1.54, 1.807) is 36.4 Å². The molecule has 0 atom stereocenters. The van der Waals surface area contributed by atoms with Gasteiger partial charge < -0.3 is 5.32 Å². The van der Waals surface area contributed by atoms with Crippen LogP contribution in [-0.4, -0.2) is 25.8 Å². The van der Waals surface area contributed by atoms with Crippen LogP contribution in [0.3, 0.4) is 0 Å². The number of nitrogens with one attached hydrogen (secondary N) is 1. The zero-order valence-electron chi connectivity index (χ0n) is 10.9. The second-order valence-corrected chi connectivity index (χ2v) is 5.03. The van der Waals surface area contributed by atoms with E-state index in [1.165, 1.54) is 11.3 Å². The van der Waals surface area contributed by atoms with Crippen LogP contribution < -0.4 is 5.32 Å². The summed E-state index contributed by atoms with van der Waals surface area (Å²) < 4.78 is 0. The Balaban J connectivity index is 1.67. The van der Waals surface area contributed by atoms with Gasteiger partial charge >= 0.3 is 0 Å². The summed E-state index contributed by atoms with van der Waals surface area (Å²) in [5.41, 5.74) is 1.98. The highest BCUT2D eigenvalue weighted by Crippen LogP contribution is 2.20. The number of amides is 1. The van der Waals surface area contributed by atoms with Gasteiger partial charge in [-0.25, -0.2) is 4.98 Å². The van der Waals surface area contributed by atoms with Gasteiger partial charge in [0.15, 0.2) is 0 Å². The van der Waals surface area contributed by atoms with Gasteiger partial charge in [0.05, 0.1) is 6.20 Å². The number of carbonyl (C=O) groups excluding carboxylic acids is 1. The lowest BCUT2D eigenvalue weighted by atomic mass is 10.3. The first kappa shape index (κ1) is 13.3. The minimum absolute atomic E-state index is 0.217. The van der Waals surface area contributed by atoms with Crippen molar-refractivity contribution < 1.29 is 4.79 Å². The van der Waals surface area contributed by atoms with E-state index >= 15 is 0 Å². The molecular formula is C14H11N5OS. The van der Waals surface area contributed by atoms with Crippen LogP contribution in [0.2, 0.25) is 0 Å². The first-order chi connectivity index (χ1) is 10.3. The van der Waals surface area contributed by atoms with Gasteiger partial charge in [0.25, 0.3) is 5.91 Å². The Morgan fingerprint density at radius 1 is 1.19 bits per heavy atom. The van der Waals surface area contributed by atoms with Crippen molar-refractivity contribution in [2.75, 3.05) is 0 Å². The van der Waals surface area contributed by atoms with Crippen LogP contribution in [0.4, 0.5) is 0 Å². The lowest BCUT2D eigenvalue weighted by Gasteiger charge is -2.02. The lowest BCUT2D eigenvalue weighted by molar-refractivity contribution is 0.0946. The summed E-state index contributed by atoms with van der Waals surface area (Å²) in [6.45, 7) is 0.421. The van der Waals surface area contributed by atoms with Crippen molar-refractivity contribution in [3.05, 3.63) is 59.8 Å². The van der Waals surface area contributed by atoms with Crippen LogP contribution in [0.1, 0.15) is 16.1 Å². The van der Waals surface area contributed by atoms with E-state index in [-0.39, 0.29) is 5.91 Å². The monoisotopic (exact) mass is 297 g/mol. The highest BCUT2D eigenvalue weighted by Gasteiger charge is 2.12. The highest BCUT2D eigenvalue weighted by molar-refractivity contribution is 7.13. The third-order valence-electron chi connectivity index (χ3n) is 2.69. The van der Waals surface area contributed by atoms with E-state index in [1.807, 2.05) is 12.1 Å². The standard InChI is InChI=1S/C14H11N5OS/c20-13(18-7-10-2-1-3-15-6-10)12-9-21-14(19-12)11-8-16-4-5-17-11/h1-6,8-9H,7H2,(H,18,20). The van der Waals surface area contributed by atoms with Crippen molar-refractivity contribution >= 4 is 17.2 Å². The average molecular weight is 297 g/mol. The maximum absolute atomic E-state index is 12.0. The number of hydrogen-bond donors (Lipinski definition) is 1. The van der Waals surface area contributed by atoms with Gasteiger partial charge in [-0.2, -0.15) is 0 Å². The lowest BCUT2D eigenvalue weighted by Crippen LogP contribution is -2.23. The SMILES string of the molecule is O=C(NCc1cccnc1)c1csc(-c2cnccn2)n1. The molecule has 7 heteroatoms. The van der Waals surface area contributed by atoms with Crippen LogP contribution in [0.25, 0.3) is 10.7 Å². The van der Waals surface area contributed by atoms with Gasteiger partial charge in [-0.3, -0.25) is 19.7 Å². The van der Waals surface area contributed by atoms with Crippen molar-refractivity contribution in [2.24, 2.45) is 0 Å². The topological polar surface area (TPSA) is 80.7 Å². The molecular weight excluding hydrogens is 286 g/mol. The quantitative estimate of drug-likeness (QED) is 0.795. The molecule has 0 aliphatic rings. The highest BCUT2D eigenvalue weighted by atomic mass is 32.1. The largest absolute Gasteiger partial charge is 0.347 e. The summed E-state index contributed by atoms with van der Waals surface area (Å²) >= 11 is 1.37. The summed E-state index contributed by atoms with van der Waals surface area (Å²) in [7, 11) is 0. The van der Waals surface area contributed by atoms with Crippen LogP contribution in [0.15, 0.2) is 48.5 Å². The third-order valence-corrected chi connectivity index (χ3v) is 3.56. The van der Waals surface area contributed by atoms with E-state index < -0.39 is 0 Å². The molecule has 0 spiro atoms. The maximum Gasteiger partial charge on any atom is 0.271 e. The van der Waals surface area contributed by atoms with Gasteiger partial charge in [-0.05, 0) is 11.6 Å². The zero-order valence-corrected chi connectivity index (χ0v) is 11.7. The van der Waals surface area contributed by atoms with Crippen molar-refractivity contribution in [3.63, 3.8) is 0 Å². The van der Waals surface area contributed by atoms with Gasteiger partial charge in [0.2, 0.25) is 0 Å². The summed E-state index contributed by atoms with van der Waals surface area (Å²) in [5, 5.41) is 5.20. The number of carbonyl (C=O) groups is 1. The Morgan fingerprint density at radius 3 is 2.86 bits per heavy atom. The van der Waals surface area contributed by atoms with Gasteiger partial charge in [0.1, 0.15) is 16.4 Å². The molecule has 3 heterocycles. The molecule has 0 radical (unpaired) electrons. The molecule has 0 aromatic carbocycles. The maximum atomic E-state index is 12.0. The fraction of sp³-hybridized carbons (Fsp3) is 0.0714. The Bertz CT molecular complexity index is 729. The molecule has 0 aliphatic carbocycles. The Hall–Kier alpha value is -2.67. The van der Waals surface area contributed by atoms with E-state index in [4.69, 9.17) is 0 Å². The molecule has 0 bridgehead atoms. The number of pyridine rings is 1. The second-order valence-electron chi connectivity index (χ2n) is 4.17. The molecule has 21 heavy (non-hydrogen) atoms. The van der Waals surface area contributed by atoms with Gasteiger partial charge in [-0.1, -0.05) is 6.07 Å². The average Bonchev–Trinajstić information content (AvgIpc) is 3.04. The molecule has 0 fully saturated rings. The predicted octanol–water partition coefficient (Wildman–Crippen LogP) is 1.93. The Kier molecular flexibility index (Phi) is 3.92. The van der Waals surface area contributed by atoms with E-state index in [2.05, 4.69) is 25.3 Å². The number of aromatic nitrogens is 4. The summed E-state index contributed by atoms with van der Waals surface area (Å²) in [5.74, 6) is -0.217. The molecule has 6 nitrogen and oxygen atoms in total. The molecule has 3 aromatic rings. The van der Waals surface area contributed by atoms with Gasteiger partial charge in [-0.15, -0.1) is 11.3 Å². The molecule has 0 unspecified atom stereocenters. The van der Waals surface area contributed by atoms with Crippen LogP contribution >= 0.6 is 11.3 Å². The van der Waals surface area contributed by atoms with Crippen molar-refractivity contribution in [3.8, 4) is 10.7 Å². The molecule has 104 valence electrons. The van der Waals surface area contributed by atoms with Crippen LogP contribution in [-0.2, 0) is 6.54 Å². The van der Waals surface area contributed by atoms with E-state index in [0.717, 1.165) is 5.56 Å². The second kappa shape index (κ2) is 6.19. The summed E-state index contributed by atoms with van der Waals surface area (Å²) in [4.78, 5) is 28.5. The summed E-state index contributed by atoms with van der Waals surface area (Å²) in [6, 6.07) is 3.73. The first-order valence-corrected chi connectivity index (χ1v) is 7.10. The Morgan fingerprint density at radius 2 is 2.10 bits per heavy atom. The molecule has 3 rings (SSSR count). The zero-order chi connectivity index (χ0) is 14.5. The van der Waals surface area contributed by atoms with Crippen LogP contribution in [0, 0.1) is 0 Å². The van der Waals surface area contributed by atoms with Crippen molar-refractivity contribution in [1.29, 1.82) is 0 Å². The number of hydrogen-bond acceptors (Lipinski definition) is 6. The predicted molar refractivity (Wildman–Crippen MR) is 78.5 cm³/mol. The minimum Gasteiger partial charge on any atom is -0.347 e. The third kappa shape index (κ3) is 3.26. The fourth-order valence-corrected chi connectivity index (χ4v) is 2.44. The molecule has 0 saturated heterocycles. The van der Waals surface area contributed by atoms with E-state index in [9.17, 15) is 4.79 Å². The minimum atomic E-state index is -0.217. The number of rotatable bonds is 4. The van der Waals surface area contributed by atoms with Crippen molar-refractivity contribution in [2.45, 2.75) is 6.54 Å². The molecule has 0 aliphatic heterocycles. The van der Waals surface area contributed by atoms with Crippen molar-refractivity contribution in [1.82, 2.24) is 25.3 Å². The molecule has 3 aromatic heterocycles. The molecule has 1 N–H and O–H groups in total. The number of nitrogens with zero attached hydrogens (tertiary/aromatic N) is 4. The summed E-state index contributed by atoms with van der Waals surface area (Å²) in [6.07, 6.45) is 8.22. The van der Waals surface area contributed by atoms with Crippen LogP contribution in [0.5, 0.6) is 0 Å². The number of thiazole rings is 1. The Labute approximate surface area is 125 Å². The normalized spacial score (nSPS) is 10.3.